The lowest BCUT2D eigenvalue weighted by Crippen LogP contribution is -1.84. The summed E-state index contributed by atoms with van der Waals surface area (Å²) in [5.74, 6) is 0. The average molecular weight is 268 g/mol. The molecule has 0 aliphatic carbocycles. The fourth-order valence-corrected chi connectivity index (χ4v) is 3.11. The molecule has 0 unspecified atom stereocenters. The van der Waals surface area contributed by atoms with Gasteiger partial charge in [-0.15, -0.1) is 0 Å². The van der Waals surface area contributed by atoms with Crippen molar-refractivity contribution in [2.75, 3.05) is 0 Å². The maximum absolute atomic E-state index is 2.30. The first kappa shape index (κ1) is 12.2. The van der Waals surface area contributed by atoms with E-state index in [9.17, 15) is 0 Å². The molecule has 4 rings (SSSR count). The molecule has 0 bridgehead atoms. The maximum atomic E-state index is 2.30. The minimum atomic E-state index is 1.27. The van der Waals surface area contributed by atoms with Crippen molar-refractivity contribution in [1.82, 2.24) is 0 Å². The second-order valence-corrected chi connectivity index (χ2v) is 5.52. The first-order chi connectivity index (χ1) is 10.3. The van der Waals surface area contributed by atoms with Crippen LogP contribution in [0.5, 0.6) is 0 Å². The molecule has 0 aliphatic heterocycles. The highest BCUT2D eigenvalue weighted by Gasteiger charge is 2.05. The van der Waals surface area contributed by atoms with E-state index in [2.05, 4.69) is 85.8 Å². The van der Waals surface area contributed by atoms with Crippen LogP contribution in [0.25, 0.3) is 32.7 Å². The van der Waals surface area contributed by atoms with Gasteiger partial charge >= 0.3 is 0 Å². The largest absolute Gasteiger partial charge is 0.0622 e. The van der Waals surface area contributed by atoms with Crippen molar-refractivity contribution in [3.8, 4) is 11.1 Å². The third-order valence-electron chi connectivity index (χ3n) is 4.24. The van der Waals surface area contributed by atoms with Crippen LogP contribution in [0, 0.1) is 6.92 Å². The van der Waals surface area contributed by atoms with Gasteiger partial charge in [0.15, 0.2) is 0 Å². The highest BCUT2D eigenvalue weighted by Crippen LogP contribution is 2.31. The van der Waals surface area contributed by atoms with Crippen LogP contribution in [0.4, 0.5) is 0 Å². The fourth-order valence-electron chi connectivity index (χ4n) is 3.11. The standard InChI is InChI=1S/C21H16/c1-15-20-10-6-5-9-18(20)14-19-13-17(11-12-21(15)19)16-7-3-2-4-8-16/h2-14H,1H3. The second-order valence-electron chi connectivity index (χ2n) is 5.52. The first-order valence-electron chi connectivity index (χ1n) is 7.30. The third-order valence-corrected chi connectivity index (χ3v) is 4.24. The summed E-state index contributed by atoms with van der Waals surface area (Å²) in [5, 5.41) is 5.31. The van der Waals surface area contributed by atoms with Gasteiger partial charge in [0.2, 0.25) is 0 Å². The molecule has 0 atom stereocenters. The molecule has 0 spiro atoms. The van der Waals surface area contributed by atoms with Crippen LogP contribution in [-0.4, -0.2) is 0 Å². The molecule has 0 radical (unpaired) electrons. The molecule has 21 heavy (non-hydrogen) atoms. The van der Waals surface area contributed by atoms with Crippen LogP contribution in [0.15, 0.2) is 78.9 Å². The lowest BCUT2D eigenvalue weighted by molar-refractivity contribution is 1.57. The van der Waals surface area contributed by atoms with Gasteiger partial charge in [0, 0.05) is 0 Å². The van der Waals surface area contributed by atoms with E-state index in [0.717, 1.165) is 0 Å². The monoisotopic (exact) mass is 268 g/mol. The van der Waals surface area contributed by atoms with Gasteiger partial charge in [-0.2, -0.15) is 0 Å². The van der Waals surface area contributed by atoms with Gasteiger partial charge in [0.25, 0.3) is 0 Å². The number of aryl methyl sites for hydroxylation is 1. The Hall–Kier alpha value is -2.60. The highest BCUT2D eigenvalue weighted by atomic mass is 14.1. The Balaban J connectivity index is 2.02. The zero-order chi connectivity index (χ0) is 14.2. The molecule has 0 saturated heterocycles. The summed E-state index contributed by atoms with van der Waals surface area (Å²) < 4.78 is 0. The SMILES string of the molecule is Cc1c2ccccc2cc2cc(-c3ccccc3)ccc12. The van der Waals surface area contributed by atoms with Gasteiger partial charge in [-0.1, -0.05) is 66.7 Å². The third kappa shape index (κ3) is 2.00. The number of rotatable bonds is 1. The summed E-state index contributed by atoms with van der Waals surface area (Å²) in [6.07, 6.45) is 0. The van der Waals surface area contributed by atoms with Crippen molar-refractivity contribution in [3.05, 3.63) is 84.4 Å². The number of hydrogen-bond acceptors (Lipinski definition) is 0. The second kappa shape index (κ2) is 4.75. The Morgan fingerprint density at radius 3 is 2.10 bits per heavy atom. The summed E-state index contributed by atoms with van der Waals surface area (Å²) in [6.45, 7) is 2.22. The zero-order valence-corrected chi connectivity index (χ0v) is 12.0. The molecule has 0 heterocycles. The molecule has 0 N–H and O–H groups in total. The molecule has 0 amide bonds. The van der Waals surface area contributed by atoms with Crippen LogP contribution in [0.1, 0.15) is 5.56 Å². The molecule has 100 valence electrons. The topological polar surface area (TPSA) is 0 Å². The molecule has 0 aromatic heterocycles. The van der Waals surface area contributed by atoms with E-state index in [4.69, 9.17) is 0 Å². The summed E-state index contributed by atoms with van der Waals surface area (Å²) in [5.41, 5.74) is 3.91. The molecule has 0 saturated carbocycles. The molecular weight excluding hydrogens is 252 g/mol. The maximum Gasteiger partial charge on any atom is -0.0148 e. The lowest BCUT2D eigenvalue weighted by Gasteiger charge is -2.09. The van der Waals surface area contributed by atoms with Gasteiger partial charge in [-0.25, -0.2) is 0 Å². The van der Waals surface area contributed by atoms with E-state index in [1.54, 1.807) is 0 Å². The Bertz CT molecular complexity index is 934. The number of benzene rings is 4. The van der Waals surface area contributed by atoms with Gasteiger partial charge in [-0.3, -0.25) is 0 Å². The molecule has 0 aliphatic rings. The molecule has 0 heteroatoms. The Morgan fingerprint density at radius 2 is 1.24 bits per heavy atom. The van der Waals surface area contributed by atoms with Gasteiger partial charge < -0.3 is 0 Å². The van der Waals surface area contributed by atoms with E-state index < -0.39 is 0 Å². The van der Waals surface area contributed by atoms with E-state index in [0.29, 0.717) is 0 Å². The molecular formula is C21H16. The minimum Gasteiger partial charge on any atom is -0.0622 e. The molecule has 4 aromatic rings. The van der Waals surface area contributed by atoms with Crippen molar-refractivity contribution in [3.63, 3.8) is 0 Å². The van der Waals surface area contributed by atoms with Crippen molar-refractivity contribution < 1.29 is 0 Å². The normalized spacial score (nSPS) is 11.1. The van der Waals surface area contributed by atoms with Crippen molar-refractivity contribution in [2.45, 2.75) is 6.92 Å². The number of fused-ring (bicyclic) bond motifs is 2. The Kier molecular flexibility index (Phi) is 2.75. The first-order valence-corrected chi connectivity index (χ1v) is 7.30. The van der Waals surface area contributed by atoms with Gasteiger partial charge in [0.05, 0.1) is 0 Å². The van der Waals surface area contributed by atoms with Crippen LogP contribution < -0.4 is 0 Å². The lowest BCUT2D eigenvalue weighted by atomic mass is 9.95. The molecule has 4 aromatic carbocycles. The van der Waals surface area contributed by atoms with E-state index in [1.807, 2.05) is 0 Å². The van der Waals surface area contributed by atoms with E-state index in [-0.39, 0.29) is 0 Å². The summed E-state index contributed by atoms with van der Waals surface area (Å²) in [4.78, 5) is 0. The van der Waals surface area contributed by atoms with Gasteiger partial charge in [-0.05, 0) is 57.3 Å². The quantitative estimate of drug-likeness (QED) is 0.373. The van der Waals surface area contributed by atoms with Crippen LogP contribution in [0.3, 0.4) is 0 Å². The van der Waals surface area contributed by atoms with E-state index >= 15 is 0 Å². The highest BCUT2D eigenvalue weighted by molar-refractivity contribution is 6.03. The Morgan fingerprint density at radius 1 is 0.524 bits per heavy atom. The summed E-state index contributed by atoms with van der Waals surface area (Å²) in [7, 11) is 0. The van der Waals surface area contributed by atoms with Crippen molar-refractivity contribution >= 4 is 21.5 Å². The van der Waals surface area contributed by atoms with Crippen molar-refractivity contribution in [1.29, 1.82) is 0 Å². The number of hydrogen-bond donors (Lipinski definition) is 0. The molecule has 0 fully saturated rings. The average Bonchev–Trinajstić information content (AvgIpc) is 2.55. The van der Waals surface area contributed by atoms with Crippen molar-refractivity contribution in [2.24, 2.45) is 0 Å². The zero-order valence-electron chi connectivity index (χ0n) is 12.0. The summed E-state index contributed by atoms with van der Waals surface area (Å²) in [6, 6.07) is 28.2. The predicted molar refractivity (Wildman–Crippen MR) is 91.6 cm³/mol. The van der Waals surface area contributed by atoms with E-state index in [1.165, 1.54) is 38.2 Å². The van der Waals surface area contributed by atoms with Crippen LogP contribution >= 0.6 is 0 Å². The van der Waals surface area contributed by atoms with Gasteiger partial charge in [0.1, 0.15) is 0 Å². The molecule has 0 nitrogen and oxygen atoms in total. The summed E-state index contributed by atoms with van der Waals surface area (Å²) >= 11 is 0. The smallest absolute Gasteiger partial charge is 0.0148 e. The minimum absolute atomic E-state index is 1.27. The predicted octanol–water partition coefficient (Wildman–Crippen LogP) is 5.97. The Labute approximate surface area is 124 Å². The van der Waals surface area contributed by atoms with Crippen LogP contribution in [-0.2, 0) is 0 Å². The van der Waals surface area contributed by atoms with Crippen LogP contribution in [0.2, 0.25) is 0 Å². The fraction of sp³-hybridized carbons (Fsp3) is 0.0476.